The Morgan fingerprint density at radius 2 is 1.10 bits per heavy atom. The van der Waals surface area contributed by atoms with Crippen LogP contribution in [-0.2, 0) is 14.6 Å². The summed E-state index contributed by atoms with van der Waals surface area (Å²) in [6, 6.07) is 0. The molecule has 0 aromatic carbocycles. The number of hydrogen-bond donors (Lipinski definition) is 4. The van der Waals surface area contributed by atoms with Crippen molar-refractivity contribution in [2.45, 2.75) is 123 Å². The van der Waals surface area contributed by atoms with E-state index in [1.54, 1.807) is 14.0 Å². The van der Waals surface area contributed by atoms with E-state index < -0.39 is 16.1 Å². The first-order valence-electron chi connectivity index (χ1n) is 11.6. The molecule has 0 heterocycles. The van der Waals surface area contributed by atoms with Gasteiger partial charge in [-0.05, 0) is 26.8 Å². The Balaban J connectivity index is -0.000000459. The molecule has 7 nitrogen and oxygen atoms in total. The summed E-state index contributed by atoms with van der Waals surface area (Å²) in [5.74, 6) is 0. The van der Waals surface area contributed by atoms with E-state index in [1.807, 2.05) is 6.92 Å². The minimum Gasteiger partial charge on any atom is -0.396 e. The molecule has 1 atom stereocenters. The van der Waals surface area contributed by atoms with E-state index in [0.29, 0.717) is 6.61 Å². The molecule has 0 fully saturated rings. The lowest BCUT2D eigenvalue weighted by Crippen LogP contribution is -2.38. The van der Waals surface area contributed by atoms with Gasteiger partial charge in [-0.2, -0.15) is 8.42 Å². The SMILES string of the molecule is CCC(C)(O)NC.CCCCCCCCCCCCCCCCO.COS(=O)(=O)O. The topological polar surface area (TPSA) is 116 Å². The minimum absolute atomic E-state index is 0.373. The molecule has 0 saturated heterocycles. The van der Waals surface area contributed by atoms with E-state index in [4.69, 9.17) is 14.8 Å². The van der Waals surface area contributed by atoms with Crippen molar-refractivity contribution in [3.05, 3.63) is 0 Å². The summed E-state index contributed by atoms with van der Waals surface area (Å²) in [5.41, 5.74) is -0.667. The van der Waals surface area contributed by atoms with Crippen LogP contribution in [0, 0.1) is 0 Å². The van der Waals surface area contributed by atoms with E-state index >= 15 is 0 Å². The molecule has 0 amide bonds. The van der Waals surface area contributed by atoms with Crippen LogP contribution in [0.5, 0.6) is 0 Å². The van der Waals surface area contributed by atoms with Gasteiger partial charge in [0.1, 0.15) is 5.72 Å². The van der Waals surface area contributed by atoms with Crippen molar-refractivity contribution in [1.82, 2.24) is 5.32 Å². The lowest BCUT2D eigenvalue weighted by Gasteiger charge is -2.19. The van der Waals surface area contributed by atoms with Gasteiger partial charge >= 0.3 is 10.4 Å². The monoisotopic (exact) mass is 457 g/mol. The van der Waals surface area contributed by atoms with E-state index in [0.717, 1.165) is 20.0 Å². The number of nitrogens with one attached hydrogen (secondary N) is 1. The van der Waals surface area contributed by atoms with Gasteiger partial charge in [0.25, 0.3) is 0 Å². The van der Waals surface area contributed by atoms with Gasteiger partial charge in [-0.3, -0.25) is 14.1 Å². The number of rotatable bonds is 17. The summed E-state index contributed by atoms with van der Waals surface area (Å²) in [7, 11) is -1.55. The van der Waals surface area contributed by atoms with Crippen molar-refractivity contribution in [3.8, 4) is 0 Å². The number of hydrogen-bond acceptors (Lipinski definition) is 6. The van der Waals surface area contributed by atoms with Crippen molar-refractivity contribution >= 4 is 10.4 Å². The Kier molecular flexibility index (Phi) is 28.7. The van der Waals surface area contributed by atoms with Crippen LogP contribution in [0.25, 0.3) is 0 Å². The van der Waals surface area contributed by atoms with Crippen LogP contribution in [0.2, 0.25) is 0 Å². The third-order valence-corrected chi connectivity index (χ3v) is 5.37. The first kappa shape index (κ1) is 34.4. The molecule has 0 spiro atoms. The molecule has 1 unspecified atom stereocenters. The van der Waals surface area contributed by atoms with Gasteiger partial charge in [0.05, 0.1) is 7.11 Å². The van der Waals surface area contributed by atoms with Crippen LogP contribution in [-0.4, -0.2) is 49.7 Å². The molecule has 4 N–H and O–H groups in total. The molecule has 186 valence electrons. The molecule has 0 saturated carbocycles. The van der Waals surface area contributed by atoms with Crippen molar-refractivity contribution in [2.24, 2.45) is 0 Å². The quantitative estimate of drug-likeness (QED) is 0.134. The molecule has 0 rings (SSSR count). The van der Waals surface area contributed by atoms with E-state index in [9.17, 15) is 8.42 Å². The smallest absolute Gasteiger partial charge is 0.396 e. The molecule has 0 aliphatic carbocycles. The van der Waals surface area contributed by atoms with Gasteiger partial charge in [-0.1, -0.05) is 97.3 Å². The average Bonchev–Trinajstić information content (AvgIpc) is 2.72. The fourth-order valence-corrected chi connectivity index (χ4v) is 2.48. The Hall–Kier alpha value is -0.250. The third-order valence-electron chi connectivity index (χ3n) is 4.95. The highest BCUT2D eigenvalue weighted by molar-refractivity contribution is 7.80. The molecule has 0 aliphatic heterocycles. The Bertz CT molecular complexity index is 396. The maximum atomic E-state index is 9.33. The highest BCUT2D eigenvalue weighted by atomic mass is 32.3. The first-order chi connectivity index (χ1) is 14.1. The highest BCUT2D eigenvalue weighted by Crippen LogP contribution is 2.12. The largest absolute Gasteiger partial charge is 0.397 e. The van der Waals surface area contributed by atoms with Crippen LogP contribution in [0.15, 0.2) is 0 Å². The maximum absolute atomic E-state index is 9.33. The summed E-state index contributed by atoms with van der Waals surface area (Å²) in [6.45, 7) is 6.32. The van der Waals surface area contributed by atoms with Gasteiger partial charge < -0.3 is 10.2 Å². The molecule has 0 aromatic heterocycles. The zero-order valence-electron chi connectivity index (χ0n) is 20.3. The van der Waals surface area contributed by atoms with Gasteiger partial charge in [-0.15, -0.1) is 0 Å². The standard InChI is InChI=1S/C16H34O.C5H13NO.CH4O4S/c1-2-3-4-5-6-7-8-9-10-11-12-13-14-15-16-17;1-4-5(2,7)6-3;1-5-6(2,3)4/h17H,2-16H2,1H3;6-7H,4H2,1-3H3;1H3,(H,2,3,4). The van der Waals surface area contributed by atoms with Crippen LogP contribution in [0.1, 0.15) is 117 Å². The lowest BCUT2D eigenvalue weighted by atomic mass is 10.0. The lowest BCUT2D eigenvalue weighted by molar-refractivity contribution is 0.0284. The van der Waals surface area contributed by atoms with Crippen LogP contribution >= 0.6 is 0 Å². The van der Waals surface area contributed by atoms with Crippen LogP contribution in [0.3, 0.4) is 0 Å². The van der Waals surface area contributed by atoms with Gasteiger partial charge in [0.2, 0.25) is 0 Å². The zero-order valence-corrected chi connectivity index (χ0v) is 21.1. The summed E-state index contributed by atoms with van der Waals surface area (Å²) in [6.07, 6.45) is 19.9. The first-order valence-corrected chi connectivity index (χ1v) is 13.0. The van der Waals surface area contributed by atoms with E-state index in [2.05, 4.69) is 16.4 Å². The second kappa shape index (κ2) is 25.0. The Morgan fingerprint density at radius 1 is 0.800 bits per heavy atom. The van der Waals surface area contributed by atoms with E-state index in [-0.39, 0.29) is 0 Å². The molecule has 0 radical (unpaired) electrons. The average molecular weight is 458 g/mol. The summed E-state index contributed by atoms with van der Waals surface area (Å²) >= 11 is 0. The molecule has 8 heteroatoms. The van der Waals surface area contributed by atoms with Crippen molar-refractivity contribution in [1.29, 1.82) is 0 Å². The fourth-order valence-electron chi connectivity index (χ4n) is 2.48. The summed E-state index contributed by atoms with van der Waals surface area (Å²) < 4.78 is 29.7. The van der Waals surface area contributed by atoms with Crippen LogP contribution < -0.4 is 5.32 Å². The normalized spacial score (nSPS) is 12.9. The zero-order chi connectivity index (χ0) is 23.7. The molecular formula is C22H51NO6S. The highest BCUT2D eigenvalue weighted by Gasteiger charge is 2.11. The number of aliphatic hydroxyl groups excluding tert-OH is 1. The number of unbranched alkanes of at least 4 members (excludes halogenated alkanes) is 13. The molecular weight excluding hydrogens is 406 g/mol. The van der Waals surface area contributed by atoms with Crippen molar-refractivity contribution in [2.75, 3.05) is 20.8 Å². The van der Waals surface area contributed by atoms with Crippen molar-refractivity contribution in [3.63, 3.8) is 0 Å². The molecule has 0 aromatic rings. The summed E-state index contributed by atoms with van der Waals surface area (Å²) in [5, 5.41) is 20.4. The van der Waals surface area contributed by atoms with Gasteiger partial charge in [-0.25, -0.2) is 0 Å². The van der Waals surface area contributed by atoms with E-state index in [1.165, 1.54) is 83.5 Å². The van der Waals surface area contributed by atoms with Gasteiger partial charge in [0, 0.05) is 6.61 Å². The second-order valence-electron chi connectivity index (χ2n) is 7.79. The molecule has 30 heavy (non-hydrogen) atoms. The second-order valence-corrected chi connectivity index (χ2v) is 8.98. The number of aliphatic hydroxyl groups is 2. The Morgan fingerprint density at radius 3 is 1.27 bits per heavy atom. The predicted octanol–water partition coefficient (Wildman–Crippen LogP) is 5.22. The molecule has 0 aliphatic rings. The van der Waals surface area contributed by atoms with Crippen LogP contribution in [0.4, 0.5) is 0 Å². The molecule has 0 bridgehead atoms. The minimum atomic E-state index is -4.16. The van der Waals surface area contributed by atoms with Gasteiger partial charge in [0.15, 0.2) is 0 Å². The Labute approximate surface area is 187 Å². The predicted molar refractivity (Wildman–Crippen MR) is 126 cm³/mol. The fraction of sp³-hybridized carbons (Fsp3) is 1.00. The maximum Gasteiger partial charge on any atom is 0.397 e. The third kappa shape index (κ3) is 38.4. The summed E-state index contributed by atoms with van der Waals surface area (Å²) in [4.78, 5) is 0. The van der Waals surface area contributed by atoms with Crippen molar-refractivity contribution < 1.29 is 27.4 Å².